The maximum Gasteiger partial charge on any atom is 0.329 e. The summed E-state index contributed by atoms with van der Waals surface area (Å²) in [5.41, 5.74) is 1.64. The molecule has 0 bridgehead atoms. The molecule has 1 heterocycles. The predicted octanol–water partition coefficient (Wildman–Crippen LogP) is 4.24. The maximum absolute atomic E-state index is 10.7. The summed E-state index contributed by atoms with van der Waals surface area (Å²) in [5.74, 6) is 0.428. The molecular formula is C24H23NO5. The van der Waals surface area contributed by atoms with Gasteiger partial charge in [0.25, 0.3) is 0 Å². The van der Waals surface area contributed by atoms with Gasteiger partial charge >= 0.3 is 5.97 Å². The molecule has 154 valence electrons. The van der Waals surface area contributed by atoms with Crippen LogP contribution in [0.3, 0.4) is 0 Å². The monoisotopic (exact) mass is 405 g/mol. The number of nitriles is 1. The van der Waals surface area contributed by atoms with E-state index in [-0.39, 0.29) is 23.0 Å². The molecule has 30 heavy (non-hydrogen) atoms. The first-order valence-electron chi connectivity index (χ1n) is 10.2. The summed E-state index contributed by atoms with van der Waals surface area (Å²) >= 11 is 0. The van der Waals surface area contributed by atoms with E-state index in [1.165, 1.54) is 0 Å². The Kier molecular flexibility index (Phi) is 4.35. The van der Waals surface area contributed by atoms with Crippen LogP contribution in [0, 0.1) is 22.2 Å². The average molecular weight is 405 g/mol. The van der Waals surface area contributed by atoms with Crippen molar-refractivity contribution in [3.63, 3.8) is 0 Å². The van der Waals surface area contributed by atoms with Gasteiger partial charge in [0, 0.05) is 17.4 Å². The van der Waals surface area contributed by atoms with E-state index >= 15 is 0 Å². The maximum atomic E-state index is 10.7. The Bertz CT molecular complexity index is 1040. The van der Waals surface area contributed by atoms with E-state index in [1.54, 1.807) is 12.1 Å². The highest BCUT2D eigenvalue weighted by Crippen LogP contribution is 2.86. The highest BCUT2D eigenvalue weighted by Gasteiger charge is 2.84. The van der Waals surface area contributed by atoms with Crippen molar-refractivity contribution in [1.82, 2.24) is 0 Å². The molecule has 1 aliphatic heterocycles. The first kappa shape index (κ1) is 19.1. The van der Waals surface area contributed by atoms with E-state index in [0.29, 0.717) is 24.5 Å². The summed E-state index contributed by atoms with van der Waals surface area (Å²) < 4.78 is 17.7. The smallest absolute Gasteiger partial charge is 0.329 e. The number of hydrogen-bond donors (Lipinski definition) is 1. The minimum atomic E-state index is -0.934. The summed E-state index contributed by atoms with van der Waals surface area (Å²) in [4.78, 5) is 10.7. The van der Waals surface area contributed by atoms with Crippen LogP contribution in [-0.4, -0.2) is 30.9 Å². The number of carboxylic acids is 1. The van der Waals surface area contributed by atoms with Crippen molar-refractivity contribution >= 4 is 5.97 Å². The number of carbonyl (C=O) groups is 1. The normalized spacial score (nSPS) is 30.5. The van der Waals surface area contributed by atoms with Crippen molar-refractivity contribution in [3.05, 3.63) is 59.7 Å². The molecule has 2 aromatic rings. The molecule has 2 aromatic carbocycles. The Morgan fingerprint density at radius 3 is 2.70 bits per heavy atom. The number of hydrogen-bond acceptors (Lipinski definition) is 5. The molecule has 1 spiro atoms. The van der Waals surface area contributed by atoms with Crippen LogP contribution in [0.1, 0.15) is 36.8 Å². The summed E-state index contributed by atoms with van der Waals surface area (Å²) in [6.07, 6.45) is 4.05. The average Bonchev–Trinajstić information content (AvgIpc) is 3.38. The first-order valence-corrected chi connectivity index (χ1v) is 10.2. The largest absolute Gasteiger partial charge is 0.480 e. The Morgan fingerprint density at radius 1 is 1.17 bits per heavy atom. The van der Waals surface area contributed by atoms with Gasteiger partial charge in [0.2, 0.25) is 0 Å². The molecule has 6 nitrogen and oxygen atoms in total. The summed E-state index contributed by atoms with van der Waals surface area (Å²) in [6, 6.07) is 17.3. The van der Waals surface area contributed by atoms with Gasteiger partial charge in [0.15, 0.2) is 0 Å². The highest BCUT2D eigenvalue weighted by atomic mass is 16.5. The van der Waals surface area contributed by atoms with E-state index < -0.39 is 5.97 Å². The molecule has 2 aliphatic carbocycles. The molecule has 3 aliphatic rings. The fourth-order valence-electron chi connectivity index (χ4n) is 5.68. The van der Waals surface area contributed by atoms with Crippen molar-refractivity contribution in [3.8, 4) is 17.6 Å². The minimum absolute atomic E-state index is 0.0990. The van der Waals surface area contributed by atoms with E-state index in [4.69, 9.17) is 24.6 Å². The second-order valence-electron chi connectivity index (χ2n) is 8.62. The number of rotatable bonds is 8. The number of aliphatic carboxylic acids is 1. The molecule has 3 unspecified atom stereocenters. The lowest BCUT2D eigenvalue weighted by Gasteiger charge is -2.48. The van der Waals surface area contributed by atoms with Crippen molar-refractivity contribution < 1.29 is 24.1 Å². The van der Waals surface area contributed by atoms with Crippen LogP contribution in [0.2, 0.25) is 0 Å². The van der Waals surface area contributed by atoms with Gasteiger partial charge in [-0.1, -0.05) is 18.2 Å². The summed E-state index contributed by atoms with van der Waals surface area (Å²) in [7, 11) is 0. The second-order valence-corrected chi connectivity index (χ2v) is 8.62. The molecule has 1 saturated heterocycles. The molecule has 3 atom stereocenters. The van der Waals surface area contributed by atoms with Gasteiger partial charge in [-0.15, -0.1) is 0 Å². The standard InChI is InChI=1S/C24H23NO5/c25-13-17-3-1-5-19(11-17)30-20-6-2-4-18(12-20)24-8-7-23(24)15-22(23,16-29-24)9-10-28-14-21(26)27/h1-6,11-12H,7-10,14-16H2,(H,26,27). The number of ether oxygens (including phenoxy) is 3. The van der Waals surface area contributed by atoms with Gasteiger partial charge in [-0.05, 0) is 61.6 Å². The zero-order chi connectivity index (χ0) is 20.8. The van der Waals surface area contributed by atoms with Crippen LogP contribution in [0.15, 0.2) is 48.5 Å². The van der Waals surface area contributed by atoms with Gasteiger partial charge in [-0.25, -0.2) is 4.79 Å². The SMILES string of the molecule is N#Cc1cccc(Oc2cccc(C34CCC35CC5(CCOCC(=O)O)CO4)c2)c1. The molecule has 0 radical (unpaired) electrons. The highest BCUT2D eigenvalue weighted by molar-refractivity contribution is 5.68. The zero-order valence-electron chi connectivity index (χ0n) is 16.6. The van der Waals surface area contributed by atoms with E-state index in [2.05, 4.69) is 18.2 Å². The third-order valence-electron chi connectivity index (χ3n) is 7.25. The van der Waals surface area contributed by atoms with Gasteiger partial charge in [-0.3, -0.25) is 0 Å². The Labute approximate surface area is 175 Å². The van der Waals surface area contributed by atoms with E-state index in [9.17, 15) is 4.79 Å². The topological polar surface area (TPSA) is 88.8 Å². The third-order valence-corrected chi connectivity index (χ3v) is 7.25. The minimum Gasteiger partial charge on any atom is -0.480 e. The number of nitrogens with zero attached hydrogens (tertiary/aromatic N) is 1. The van der Waals surface area contributed by atoms with Crippen LogP contribution in [0.5, 0.6) is 11.5 Å². The molecule has 2 saturated carbocycles. The zero-order valence-corrected chi connectivity index (χ0v) is 16.6. The van der Waals surface area contributed by atoms with Crippen molar-refractivity contribution in [2.45, 2.75) is 31.3 Å². The van der Waals surface area contributed by atoms with Gasteiger partial charge < -0.3 is 19.3 Å². The molecule has 1 N–H and O–H groups in total. The quantitative estimate of drug-likeness (QED) is 0.661. The predicted molar refractivity (Wildman–Crippen MR) is 107 cm³/mol. The molecular weight excluding hydrogens is 382 g/mol. The Balaban J connectivity index is 1.33. The Morgan fingerprint density at radius 2 is 1.97 bits per heavy atom. The van der Waals surface area contributed by atoms with Crippen molar-refractivity contribution in [2.75, 3.05) is 19.8 Å². The molecule has 0 amide bonds. The van der Waals surface area contributed by atoms with E-state index in [1.807, 2.05) is 24.3 Å². The van der Waals surface area contributed by atoms with Crippen molar-refractivity contribution in [1.29, 1.82) is 5.26 Å². The fraction of sp³-hybridized carbons (Fsp3) is 0.417. The van der Waals surface area contributed by atoms with E-state index in [0.717, 1.165) is 37.0 Å². The lowest BCUT2D eigenvalue weighted by atomic mass is 9.60. The van der Waals surface area contributed by atoms with Crippen LogP contribution in [-0.2, 0) is 19.9 Å². The second kappa shape index (κ2) is 6.83. The van der Waals surface area contributed by atoms with Crippen LogP contribution in [0.25, 0.3) is 0 Å². The van der Waals surface area contributed by atoms with Crippen LogP contribution >= 0.6 is 0 Å². The molecule has 3 fully saturated rings. The molecule has 6 heteroatoms. The first-order chi connectivity index (χ1) is 14.5. The number of carboxylic acid groups (broad SMARTS) is 1. The number of benzene rings is 2. The van der Waals surface area contributed by atoms with Gasteiger partial charge in [-0.2, -0.15) is 5.26 Å². The lowest BCUT2D eigenvalue weighted by molar-refractivity contribution is -0.142. The van der Waals surface area contributed by atoms with Gasteiger partial charge in [0.1, 0.15) is 18.1 Å². The van der Waals surface area contributed by atoms with Crippen LogP contribution in [0.4, 0.5) is 0 Å². The Hall–Kier alpha value is -2.88. The summed E-state index contributed by atoms with van der Waals surface area (Å²) in [5, 5.41) is 17.8. The molecule has 5 rings (SSSR count). The third kappa shape index (κ3) is 2.73. The molecule has 0 aromatic heterocycles. The van der Waals surface area contributed by atoms with Crippen molar-refractivity contribution in [2.24, 2.45) is 10.8 Å². The summed E-state index contributed by atoms with van der Waals surface area (Å²) in [6.45, 7) is 0.895. The lowest BCUT2D eigenvalue weighted by Crippen LogP contribution is -2.46. The fourth-order valence-corrected chi connectivity index (χ4v) is 5.68. The van der Waals surface area contributed by atoms with Crippen LogP contribution < -0.4 is 4.74 Å². The van der Waals surface area contributed by atoms with Gasteiger partial charge in [0.05, 0.1) is 23.8 Å².